The zero-order chi connectivity index (χ0) is 11.7. The number of amides is 1. The first-order valence-electron chi connectivity index (χ1n) is 5.83. The van der Waals surface area contributed by atoms with Gasteiger partial charge in [0.25, 0.3) is 0 Å². The highest BCUT2D eigenvalue weighted by Gasteiger charge is 2.13. The van der Waals surface area contributed by atoms with Crippen molar-refractivity contribution in [1.82, 2.24) is 5.32 Å². The standard InChI is InChI=1S/C11H24N2O2/c1-3-5-7-10(12)11(15)13-8-9(14)6-4-2/h9-10,14H,3-8,12H2,1-2H3,(H,13,15). The fourth-order valence-corrected chi connectivity index (χ4v) is 1.34. The van der Waals surface area contributed by atoms with Crippen LogP contribution in [0.4, 0.5) is 0 Å². The van der Waals surface area contributed by atoms with Crippen LogP contribution >= 0.6 is 0 Å². The first-order valence-corrected chi connectivity index (χ1v) is 5.83. The van der Waals surface area contributed by atoms with Crippen molar-refractivity contribution in [3.05, 3.63) is 0 Å². The Balaban J connectivity index is 3.63. The van der Waals surface area contributed by atoms with Crippen molar-refractivity contribution in [2.24, 2.45) is 5.73 Å². The Hall–Kier alpha value is -0.610. The molecular formula is C11H24N2O2. The molecule has 0 saturated carbocycles. The number of nitrogens with two attached hydrogens (primary N) is 1. The minimum Gasteiger partial charge on any atom is -0.391 e. The number of unbranched alkanes of at least 4 members (excludes halogenated alkanes) is 1. The van der Waals surface area contributed by atoms with Gasteiger partial charge in [-0.25, -0.2) is 0 Å². The minimum absolute atomic E-state index is 0.154. The van der Waals surface area contributed by atoms with Gasteiger partial charge in [-0.3, -0.25) is 4.79 Å². The summed E-state index contributed by atoms with van der Waals surface area (Å²) < 4.78 is 0. The number of carbonyl (C=O) groups excluding carboxylic acids is 1. The van der Waals surface area contributed by atoms with Crippen molar-refractivity contribution in [1.29, 1.82) is 0 Å². The van der Waals surface area contributed by atoms with Gasteiger partial charge in [0.2, 0.25) is 5.91 Å². The van der Waals surface area contributed by atoms with Crippen molar-refractivity contribution in [3.8, 4) is 0 Å². The maximum absolute atomic E-state index is 11.4. The molecule has 4 nitrogen and oxygen atoms in total. The Kier molecular flexibility index (Phi) is 8.33. The molecule has 0 heterocycles. The molecule has 0 aliphatic rings. The number of rotatable bonds is 8. The highest BCUT2D eigenvalue weighted by atomic mass is 16.3. The molecular weight excluding hydrogens is 192 g/mol. The van der Waals surface area contributed by atoms with E-state index in [4.69, 9.17) is 5.73 Å². The van der Waals surface area contributed by atoms with Gasteiger partial charge in [-0.1, -0.05) is 33.1 Å². The molecule has 0 aromatic rings. The van der Waals surface area contributed by atoms with Gasteiger partial charge in [0, 0.05) is 6.54 Å². The molecule has 0 aliphatic carbocycles. The van der Waals surface area contributed by atoms with Gasteiger partial charge in [0.15, 0.2) is 0 Å². The number of hydrogen-bond donors (Lipinski definition) is 3. The van der Waals surface area contributed by atoms with E-state index in [1.807, 2.05) is 6.92 Å². The summed E-state index contributed by atoms with van der Waals surface area (Å²) in [5, 5.41) is 12.1. The monoisotopic (exact) mass is 216 g/mol. The van der Waals surface area contributed by atoms with Crippen LogP contribution in [0.1, 0.15) is 46.0 Å². The lowest BCUT2D eigenvalue weighted by molar-refractivity contribution is -0.123. The maximum Gasteiger partial charge on any atom is 0.237 e. The fourth-order valence-electron chi connectivity index (χ4n) is 1.34. The number of hydrogen-bond acceptors (Lipinski definition) is 3. The third kappa shape index (κ3) is 7.33. The van der Waals surface area contributed by atoms with E-state index >= 15 is 0 Å². The van der Waals surface area contributed by atoms with Crippen LogP contribution in [0.2, 0.25) is 0 Å². The Labute approximate surface area is 92.2 Å². The lowest BCUT2D eigenvalue weighted by Crippen LogP contribution is -2.43. The number of carbonyl (C=O) groups is 1. The molecule has 0 bridgehead atoms. The van der Waals surface area contributed by atoms with E-state index in [2.05, 4.69) is 12.2 Å². The van der Waals surface area contributed by atoms with Crippen LogP contribution in [0.25, 0.3) is 0 Å². The lowest BCUT2D eigenvalue weighted by Gasteiger charge is -2.14. The summed E-state index contributed by atoms with van der Waals surface area (Å²) in [6.07, 6.45) is 3.90. The fraction of sp³-hybridized carbons (Fsp3) is 0.909. The van der Waals surface area contributed by atoms with Gasteiger partial charge in [-0.2, -0.15) is 0 Å². The molecule has 90 valence electrons. The summed E-state index contributed by atoms with van der Waals surface area (Å²) in [5.41, 5.74) is 5.67. The second kappa shape index (κ2) is 8.68. The Morgan fingerprint density at radius 3 is 2.53 bits per heavy atom. The zero-order valence-electron chi connectivity index (χ0n) is 9.83. The van der Waals surface area contributed by atoms with E-state index < -0.39 is 12.1 Å². The number of aliphatic hydroxyl groups excluding tert-OH is 1. The molecule has 2 unspecified atom stereocenters. The number of nitrogens with one attached hydrogen (secondary N) is 1. The van der Waals surface area contributed by atoms with Crippen LogP contribution in [-0.4, -0.2) is 29.7 Å². The van der Waals surface area contributed by atoms with Crippen LogP contribution < -0.4 is 11.1 Å². The van der Waals surface area contributed by atoms with Crippen molar-refractivity contribution in [2.75, 3.05) is 6.54 Å². The summed E-state index contributed by atoms with van der Waals surface area (Å²) in [4.78, 5) is 11.4. The molecule has 0 aliphatic heterocycles. The van der Waals surface area contributed by atoms with Crippen molar-refractivity contribution < 1.29 is 9.90 Å². The predicted octanol–water partition coefficient (Wildman–Crippen LogP) is 0.781. The van der Waals surface area contributed by atoms with E-state index in [1.165, 1.54) is 0 Å². The molecule has 4 heteroatoms. The smallest absolute Gasteiger partial charge is 0.237 e. The van der Waals surface area contributed by atoms with Gasteiger partial charge in [0.05, 0.1) is 12.1 Å². The van der Waals surface area contributed by atoms with Crippen LogP contribution in [0, 0.1) is 0 Å². The van der Waals surface area contributed by atoms with Gasteiger partial charge in [-0.05, 0) is 12.8 Å². The molecule has 0 radical (unpaired) electrons. The second-order valence-corrected chi connectivity index (χ2v) is 3.94. The summed E-state index contributed by atoms with van der Waals surface area (Å²) in [6, 6.07) is -0.432. The van der Waals surface area contributed by atoms with E-state index in [0.29, 0.717) is 19.4 Å². The molecule has 0 aromatic carbocycles. The minimum atomic E-state index is -0.447. The zero-order valence-corrected chi connectivity index (χ0v) is 9.83. The Morgan fingerprint density at radius 1 is 1.33 bits per heavy atom. The lowest BCUT2D eigenvalue weighted by atomic mass is 10.1. The maximum atomic E-state index is 11.4. The van der Waals surface area contributed by atoms with Crippen LogP contribution in [0.5, 0.6) is 0 Å². The molecule has 0 rings (SSSR count). The first kappa shape index (κ1) is 14.4. The first-order chi connectivity index (χ1) is 7.11. The third-order valence-corrected chi connectivity index (χ3v) is 2.34. The van der Waals surface area contributed by atoms with E-state index in [0.717, 1.165) is 19.3 Å². The quantitative estimate of drug-likeness (QED) is 0.561. The van der Waals surface area contributed by atoms with Gasteiger partial charge in [0.1, 0.15) is 0 Å². The largest absolute Gasteiger partial charge is 0.391 e. The van der Waals surface area contributed by atoms with E-state index in [1.54, 1.807) is 0 Å². The van der Waals surface area contributed by atoms with Crippen LogP contribution in [0.3, 0.4) is 0 Å². The third-order valence-electron chi connectivity index (χ3n) is 2.34. The molecule has 0 spiro atoms. The van der Waals surface area contributed by atoms with E-state index in [9.17, 15) is 9.90 Å². The van der Waals surface area contributed by atoms with Gasteiger partial charge in [-0.15, -0.1) is 0 Å². The molecule has 2 atom stereocenters. The average molecular weight is 216 g/mol. The van der Waals surface area contributed by atoms with Crippen molar-refractivity contribution in [3.63, 3.8) is 0 Å². The van der Waals surface area contributed by atoms with Gasteiger partial charge < -0.3 is 16.2 Å². The summed E-state index contributed by atoms with van der Waals surface area (Å²) in [6.45, 7) is 4.38. The van der Waals surface area contributed by atoms with Crippen LogP contribution in [-0.2, 0) is 4.79 Å². The summed E-state index contributed by atoms with van der Waals surface area (Å²) in [7, 11) is 0. The Bertz CT molecular complexity index is 174. The molecule has 0 fully saturated rings. The SMILES string of the molecule is CCCCC(N)C(=O)NCC(O)CCC. The summed E-state index contributed by atoms with van der Waals surface area (Å²) >= 11 is 0. The van der Waals surface area contributed by atoms with E-state index in [-0.39, 0.29) is 5.91 Å². The average Bonchev–Trinajstić information content (AvgIpc) is 2.22. The normalized spacial score (nSPS) is 14.7. The Morgan fingerprint density at radius 2 is 2.00 bits per heavy atom. The second-order valence-electron chi connectivity index (χ2n) is 3.94. The molecule has 0 aromatic heterocycles. The topological polar surface area (TPSA) is 75.4 Å². The molecule has 0 saturated heterocycles. The van der Waals surface area contributed by atoms with Crippen LogP contribution in [0.15, 0.2) is 0 Å². The molecule has 1 amide bonds. The van der Waals surface area contributed by atoms with Crippen molar-refractivity contribution >= 4 is 5.91 Å². The van der Waals surface area contributed by atoms with Gasteiger partial charge >= 0.3 is 0 Å². The number of aliphatic hydroxyl groups is 1. The summed E-state index contributed by atoms with van der Waals surface area (Å²) in [5.74, 6) is -0.154. The molecule has 15 heavy (non-hydrogen) atoms. The highest BCUT2D eigenvalue weighted by molar-refractivity contribution is 5.81. The predicted molar refractivity (Wildman–Crippen MR) is 61.4 cm³/mol. The molecule has 4 N–H and O–H groups in total. The van der Waals surface area contributed by atoms with Crippen molar-refractivity contribution in [2.45, 2.75) is 58.1 Å². The highest BCUT2D eigenvalue weighted by Crippen LogP contribution is 1.99.